The normalized spacial score (nSPS) is 28.2. The standard InChI is InChI=1S/C4H7NO2S.ClH/c1-5-4(7)3(6)2-8-5;/h4,7H,2H2,1H3;1H. The first kappa shape index (κ1) is 9.23. The molecule has 0 aliphatic carbocycles. The molecule has 0 amide bonds. The molecule has 1 N–H and O–H groups in total. The molecule has 0 spiro atoms. The molecule has 3 nitrogen and oxygen atoms in total. The smallest absolute Gasteiger partial charge is 0.188 e. The lowest BCUT2D eigenvalue weighted by Gasteiger charge is -2.07. The van der Waals surface area contributed by atoms with Crippen LogP contribution in [0.3, 0.4) is 0 Å². The van der Waals surface area contributed by atoms with Gasteiger partial charge in [-0.3, -0.25) is 4.79 Å². The first-order valence-electron chi connectivity index (χ1n) is 2.28. The van der Waals surface area contributed by atoms with Crippen molar-refractivity contribution < 1.29 is 9.90 Å². The summed E-state index contributed by atoms with van der Waals surface area (Å²) in [5.74, 6) is 0.315. The molecule has 9 heavy (non-hydrogen) atoms. The monoisotopic (exact) mass is 169 g/mol. The Morgan fingerprint density at radius 3 is 2.56 bits per heavy atom. The number of rotatable bonds is 0. The van der Waals surface area contributed by atoms with Crippen LogP contribution in [0.4, 0.5) is 0 Å². The van der Waals surface area contributed by atoms with Crippen LogP contribution in [0.5, 0.6) is 0 Å². The Morgan fingerprint density at radius 1 is 1.89 bits per heavy atom. The van der Waals surface area contributed by atoms with E-state index >= 15 is 0 Å². The van der Waals surface area contributed by atoms with E-state index in [9.17, 15) is 4.79 Å². The zero-order valence-electron chi connectivity index (χ0n) is 4.90. The minimum atomic E-state index is -0.861. The number of nitrogens with zero attached hydrogens (tertiary/aromatic N) is 1. The molecule has 0 saturated carbocycles. The summed E-state index contributed by atoms with van der Waals surface area (Å²) in [5, 5.41) is 8.82. The number of hydrogen-bond donors (Lipinski definition) is 1. The van der Waals surface area contributed by atoms with Crippen molar-refractivity contribution in [3.05, 3.63) is 0 Å². The van der Waals surface area contributed by atoms with Crippen molar-refractivity contribution in [1.82, 2.24) is 4.31 Å². The number of carbonyl (C=O) groups excluding carboxylic acids is 1. The number of aliphatic hydroxyl groups is 1. The molecule has 1 saturated heterocycles. The molecule has 54 valence electrons. The number of likely N-dealkylation sites (N-methyl/N-ethyl adjacent to an activating group) is 1. The number of ketones is 1. The van der Waals surface area contributed by atoms with Gasteiger partial charge >= 0.3 is 0 Å². The van der Waals surface area contributed by atoms with Gasteiger partial charge < -0.3 is 5.11 Å². The summed E-state index contributed by atoms with van der Waals surface area (Å²) in [7, 11) is 1.69. The van der Waals surface area contributed by atoms with Gasteiger partial charge in [0, 0.05) is 7.05 Å². The highest BCUT2D eigenvalue weighted by Crippen LogP contribution is 2.18. The molecule has 0 aromatic rings. The molecule has 1 unspecified atom stereocenters. The van der Waals surface area contributed by atoms with E-state index in [-0.39, 0.29) is 18.2 Å². The summed E-state index contributed by atoms with van der Waals surface area (Å²) in [6.07, 6.45) is -0.861. The molecule has 1 heterocycles. The Balaban J connectivity index is 0.000000640. The van der Waals surface area contributed by atoms with E-state index in [0.717, 1.165) is 0 Å². The predicted octanol–water partition coefficient (Wildman–Crippen LogP) is -0.111. The van der Waals surface area contributed by atoms with Gasteiger partial charge in [-0.1, -0.05) is 11.9 Å². The van der Waals surface area contributed by atoms with E-state index in [0.29, 0.717) is 5.75 Å². The number of hydrogen-bond acceptors (Lipinski definition) is 4. The van der Waals surface area contributed by atoms with Crippen LogP contribution < -0.4 is 0 Å². The first-order valence-corrected chi connectivity index (χ1v) is 3.22. The van der Waals surface area contributed by atoms with E-state index in [1.165, 1.54) is 11.9 Å². The molecule has 1 atom stereocenters. The van der Waals surface area contributed by atoms with Crippen LogP contribution in [0.1, 0.15) is 0 Å². The van der Waals surface area contributed by atoms with Gasteiger partial charge in [-0.2, -0.15) is 0 Å². The second-order valence-corrected chi connectivity index (χ2v) is 2.78. The molecule has 0 aromatic carbocycles. The third-order valence-electron chi connectivity index (χ3n) is 1.04. The number of halogens is 1. The number of Topliss-reactive ketones (excluding diaryl/α,β-unsaturated/α-hetero) is 1. The van der Waals surface area contributed by atoms with Gasteiger partial charge in [0.1, 0.15) is 0 Å². The maximum atomic E-state index is 10.5. The minimum Gasteiger partial charge on any atom is -0.370 e. The summed E-state index contributed by atoms with van der Waals surface area (Å²) in [4.78, 5) is 10.5. The highest BCUT2D eigenvalue weighted by Gasteiger charge is 2.27. The van der Waals surface area contributed by atoms with Crippen LogP contribution >= 0.6 is 24.4 Å². The Labute approximate surface area is 64.0 Å². The summed E-state index contributed by atoms with van der Waals surface area (Å²) < 4.78 is 1.54. The zero-order chi connectivity index (χ0) is 6.15. The molecule has 0 bridgehead atoms. The highest BCUT2D eigenvalue weighted by molar-refractivity contribution is 7.98. The van der Waals surface area contributed by atoms with Crippen LogP contribution in [0.25, 0.3) is 0 Å². The van der Waals surface area contributed by atoms with Crippen molar-refractivity contribution in [3.63, 3.8) is 0 Å². The van der Waals surface area contributed by atoms with Crippen LogP contribution in [0, 0.1) is 0 Å². The van der Waals surface area contributed by atoms with Crippen molar-refractivity contribution in [3.8, 4) is 0 Å². The summed E-state index contributed by atoms with van der Waals surface area (Å²) >= 11 is 1.35. The van der Waals surface area contributed by atoms with E-state index in [4.69, 9.17) is 5.11 Å². The van der Waals surface area contributed by atoms with Gasteiger partial charge in [0.25, 0.3) is 0 Å². The lowest BCUT2D eigenvalue weighted by molar-refractivity contribution is -0.127. The predicted molar refractivity (Wildman–Crippen MR) is 38.5 cm³/mol. The van der Waals surface area contributed by atoms with Crippen LogP contribution in [-0.2, 0) is 4.79 Å². The van der Waals surface area contributed by atoms with Gasteiger partial charge in [0.15, 0.2) is 12.0 Å². The van der Waals surface area contributed by atoms with Crippen LogP contribution in [-0.4, -0.2) is 34.2 Å². The second kappa shape index (κ2) is 3.41. The molecular weight excluding hydrogens is 162 g/mol. The topological polar surface area (TPSA) is 40.5 Å². The fraction of sp³-hybridized carbons (Fsp3) is 0.750. The first-order chi connectivity index (χ1) is 3.72. The summed E-state index contributed by atoms with van der Waals surface area (Å²) in [6.45, 7) is 0. The van der Waals surface area contributed by atoms with E-state index in [1.807, 2.05) is 0 Å². The van der Waals surface area contributed by atoms with Crippen LogP contribution in [0.2, 0.25) is 0 Å². The van der Waals surface area contributed by atoms with Crippen LogP contribution in [0.15, 0.2) is 0 Å². The van der Waals surface area contributed by atoms with Crippen molar-refractivity contribution in [1.29, 1.82) is 0 Å². The van der Waals surface area contributed by atoms with Crippen molar-refractivity contribution in [2.45, 2.75) is 6.23 Å². The van der Waals surface area contributed by atoms with Gasteiger partial charge in [-0.15, -0.1) is 12.4 Å². The SMILES string of the molecule is CN1SCC(=O)C1O.Cl. The summed E-state index contributed by atoms with van der Waals surface area (Å²) in [6, 6.07) is 0. The fourth-order valence-electron chi connectivity index (χ4n) is 0.513. The molecule has 5 heteroatoms. The fourth-order valence-corrected chi connectivity index (χ4v) is 1.25. The van der Waals surface area contributed by atoms with E-state index in [2.05, 4.69) is 0 Å². The lowest BCUT2D eigenvalue weighted by Crippen LogP contribution is -2.26. The third kappa shape index (κ3) is 1.82. The van der Waals surface area contributed by atoms with Crippen molar-refractivity contribution in [2.24, 2.45) is 0 Å². The minimum absolute atomic E-state index is 0. The van der Waals surface area contributed by atoms with E-state index < -0.39 is 6.23 Å². The van der Waals surface area contributed by atoms with Crippen molar-refractivity contribution >= 4 is 30.1 Å². The van der Waals surface area contributed by atoms with Gasteiger partial charge in [-0.05, 0) is 0 Å². The van der Waals surface area contributed by atoms with Crippen molar-refractivity contribution in [2.75, 3.05) is 12.8 Å². The highest BCUT2D eigenvalue weighted by atomic mass is 35.5. The van der Waals surface area contributed by atoms with Gasteiger partial charge in [0.05, 0.1) is 5.75 Å². The summed E-state index contributed by atoms with van der Waals surface area (Å²) in [5.41, 5.74) is 0. The molecule has 1 fully saturated rings. The Morgan fingerprint density at radius 2 is 2.44 bits per heavy atom. The third-order valence-corrected chi connectivity index (χ3v) is 2.06. The Kier molecular flexibility index (Phi) is 3.50. The number of carbonyl (C=O) groups is 1. The Hall–Kier alpha value is 0.230. The van der Waals surface area contributed by atoms with Gasteiger partial charge in [0.2, 0.25) is 0 Å². The molecule has 0 radical (unpaired) electrons. The second-order valence-electron chi connectivity index (χ2n) is 1.66. The molecule has 1 rings (SSSR count). The molecular formula is C4H8ClNO2S. The largest absolute Gasteiger partial charge is 0.370 e. The molecule has 1 aliphatic rings. The molecule has 1 aliphatic heterocycles. The maximum Gasteiger partial charge on any atom is 0.188 e. The number of aliphatic hydroxyl groups excluding tert-OH is 1. The van der Waals surface area contributed by atoms with Gasteiger partial charge in [-0.25, -0.2) is 4.31 Å². The lowest BCUT2D eigenvalue weighted by atomic mass is 10.4. The quantitative estimate of drug-likeness (QED) is 0.514. The Bertz CT molecular complexity index is 121. The zero-order valence-corrected chi connectivity index (χ0v) is 6.54. The average molecular weight is 170 g/mol. The molecule has 0 aromatic heterocycles. The average Bonchev–Trinajstić information content (AvgIpc) is 1.98. The van der Waals surface area contributed by atoms with E-state index in [1.54, 1.807) is 11.4 Å². The maximum absolute atomic E-state index is 10.5.